The third-order valence-electron chi connectivity index (χ3n) is 2.18. The summed E-state index contributed by atoms with van der Waals surface area (Å²) in [5.41, 5.74) is 1.41. The first-order valence-electron chi connectivity index (χ1n) is 4.68. The van der Waals surface area contributed by atoms with Crippen LogP contribution in [0.2, 0.25) is 0 Å². The lowest BCUT2D eigenvalue weighted by atomic mass is 10.1. The Bertz CT molecular complexity index is 163. The Hall–Kier alpha value is -0.0100. The molecular formula is C10H18ClN. The Morgan fingerprint density at radius 2 is 2.33 bits per heavy atom. The van der Waals surface area contributed by atoms with Crippen molar-refractivity contribution in [3.63, 3.8) is 0 Å². The zero-order valence-electron chi connectivity index (χ0n) is 8.02. The van der Waals surface area contributed by atoms with Gasteiger partial charge in [0, 0.05) is 25.5 Å². The predicted molar refractivity (Wildman–Crippen MR) is 54.7 cm³/mol. The van der Waals surface area contributed by atoms with E-state index in [0.29, 0.717) is 0 Å². The van der Waals surface area contributed by atoms with Crippen molar-refractivity contribution < 1.29 is 0 Å². The van der Waals surface area contributed by atoms with E-state index < -0.39 is 0 Å². The molecule has 1 aliphatic heterocycles. The molecule has 0 atom stereocenters. The van der Waals surface area contributed by atoms with Crippen LogP contribution in [-0.2, 0) is 0 Å². The van der Waals surface area contributed by atoms with Gasteiger partial charge >= 0.3 is 0 Å². The lowest BCUT2D eigenvalue weighted by Gasteiger charge is -2.27. The molecule has 12 heavy (non-hydrogen) atoms. The molecule has 0 bridgehead atoms. The van der Waals surface area contributed by atoms with E-state index in [4.69, 9.17) is 11.6 Å². The van der Waals surface area contributed by atoms with E-state index in [9.17, 15) is 0 Å². The molecule has 70 valence electrons. The lowest BCUT2D eigenvalue weighted by Crippen LogP contribution is -2.32. The first-order valence-corrected chi connectivity index (χ1v) is 5.22. The molecule has 0 aromatic carbocycles. The molecule has 0 saturated heterocycles. The molecule has 2 heteroatoms. The zero-order valence-corrected chi connectivity index (χ0v) is 8.77. The number of rotatable bonds is 3. The van der Waals surface area contributed by atoms with E-state index >= 15 is 0 Å². The van der Waals surface area contributed by atoms with Crippen LogP contribution in [-0.4, -0.2) is 30.4 Å². The topological polar surface area (TPSA) is 3.24 Å². The average molecular weight is 188 g/mol. The molecule has 1 aliphatic rings. The normalized spacial score (nSPS) is 19.8. The van der Waals surface area contributed by atoms with Gasteiger partial charge in [0.15, 0.2) is 0 Å². The summed E-state index contributed by atoms with van der Waals surface area (Å²) in [6.07, 6.45) is 3.44. The van der Waals surface area contributed by atoms with Gasteiger partial charge in [-0.05, 0) is 12.3 Å². The molecule has 0 aliphatic carbocycles. The minimum absolute atomic E-state index is 0.718. The first-order chi connectivity index (χ1) is 5.72. The summed E-state index contributed by atoms with van der Waals surface area (Å²) in [6, 6.07) is 0. The summed E-state index contributed by atoms with van der Waals surface area (Å²) in [7, 11) is 0. The molecule has 0 amide bonds. The molecule has 0 spiro atoms. The summed E-state index contributed by atoms with van der Waals surface area (Å²) in [6.45, 7) is 8.03. The minimum atomic E-state index is 0.718. The highest BCUT2D eigenvalue weighted by Crippen LogP contribution is 2.12. The fourth-order valence-electron chi connectivity index (χ4n) is 1.56. The van der Waals surface area contributed by atoms with Crippen LogP contribution in [0.5, 0.6) is 0 Å². The van der Waals surface area contributed by atoms with Gasteiger partial charge in [0.05, 0.1) is 0 Å². The number of alkyl halides is 1. The van der Waals surface area contributed by atoms with E-state index in [1.807, 2.05) is 0 Å². The SMILES string of the molecule is CC(C)CN1CC=C(CCl)CC1. The molecule has 0 aromatic rings. The van der Waals surface area contributed by atoms with Gasteiger partial charge in [-0.15, -0.1) is 11.6 Å². The van der Waals surface area contributed by atoms with Crippen LogP contribution in [0.4, 0.5) is 0 Å². The Labute approximate surface area is 80.4 Å². The Balaban J connectivity index is 2.31. The van der Waals surface area contributed by atoms with Crippen molar-refractivity contribution in [2.24, 2.45) is 5.92 Å². The molecule has 0 unspecified atom stereocenters. The quantitative estimate of drug-likeness (QED) is 0.485. The van der Waals surface area contributed by atoms with Crippen LogP contribution in [0.25, 0.3) is 0 Å². The fraction of sp³-hybridized carbons (Fsp3) is 0.800. The molecule has 1 heterocycles. The zero-order chi connectivity index (χ0) is 8.97. The Morgan fingerprint density at radius 3 is 2.75 bits per heavy atom. The van der Waals surface area contributed by atoms with E-state index in [2.05, 4.69) is 24.8 Å². The number of nitrogens with zero attached hydrogens (tertiary/aromatic N) is 1. The van der Waals surface area contributed by atoms with Crippen molar-refractivity contribution in [2.75, 3.05) is 25.5 Å². The Kier molecular flexibility index (Phi) is 4.10. The van der Waals surface area contributed by atoms with Gasteiger partial charge in [-0.25, -0.2) is 0 Å². The molecule has 0 aromatic heterocycles. The van der Waals surface area contributed by atoms with Gasteiger partial charge in [0.2, 0.25) is 0 Å². The van der Waals surface area contributed by atoms with Crippen molar-refractivity contribution in [2.45, 2.75) is 20.3 Å². The molecule has 0 fully saturated rings. The second kappa shape index (κ2) is 4.88. The van der Waals surface area contributed by atoms with Crippen LogP contribution in [0.15, 0.2) is 11.6 Å². The highest BCUT2D eigenvalue weighted by atomic mass is 35.5. The molecule has 1 nitrogen and oxygen atoms in total. The van der Waals surface area contributed by atoms with Gasteiger partial charge in [-0.1, -0.05) is 25.5 Å². The van der Waals surface area contributed by atoms with Crippen molar-refractivity contribution in [1.29, 1.82) is 0 Å². The van der Waals surface area contributed by atoms with E-state index in [0.717, 1.165) is 24.8 Å². The molecule has 0 N–H and O–H groups in total. The molecule has 0 saturated carbocycles. The number of halogens is 1. The van der Waals surface area contributed by atoms with Crippen molar-refractivity contribution in [3.8, 4) is 0 Å². The lowest BCUT2D eigenvalue weighted by molar-refractivity contribution is 0.262. The predicted octanol–water partition coefficient (Wildman–Crippen LogP) is 2.51. The second-order valence-corrected chi connectivity index (χ2v) is 4.17. The average Bonchev–Trinajstić information content (AvgIpc) is 2.05. The fourth-order valence-corrected chi connectivity index (χ4v) is 1.80. The monoisotopic (exact) mass is 187 g/mol. The molecule has 0 radical (unpaired) electrons. The maximum Gasteiger partial charge on any atom is 0.0434 e. The summed E-state index contributed by atoms with van der Waals surface area (Å²) in [5, 5.41) is 0. The highest BCUT2D eigenvalue weighted by molar-refractivity contribution is 6.19. The van der Waals surface area contributed by atoms with E-state index in [1.165, 1.54) is 18.7 Å². The third kappa shape index (κ3) is 3.16. The van der Waals surface area contributed by atoms with Gasteiger partial charge in [-0.3, -0.25) is 4.90 Å². The number of hydrogen-bond acceptors (Lipinski definition) is 1. The van der Waals surface area contributed by atoms with Crippen LogP contribution in [0, 0.1) is 5.92 Å². The van der Waals surface area contributed by atoms with Crippen LogP contribution in [0.3, 0.4) is 0 Å². The van der Waals surface area contributed by atoms with Gasteiger partial charge < -0.3 is 0 Å². The van der Waals surface area contributed by atoms with Gasteiger partial charge in [-0.2, -0.15) is 0 Å². The maximum atomic E-state index is 5.75. The van der Waals surface area contributed by atoms with Crippen molar-refractivity contribution in [3.05, 3.63) is 11.6 Å². The minimum Gasteiger partial charge on any atom is -0.299 e. The smallest absolute Gasteiger partial charge is 0.0434 e. The van der Waals surface area contributed by atoms with E-state index in [-0.39, 0.29) is 0 Å². The van der Waals surface area contributed by atoms with Crippen molar-refractivity contribution >= 4 is 11.6 Å². The van der Waals surface area contributed by atoms with Crippen LogP contribution >= 0.6 is 11.6 Å². The van der Waals surface area contributed by atoms with Gasteiger partial charge in [0.1, 0.15) is 0 Å². The van der Waals surface area contributed by atoms with Crippen molar-refractivity contribution in [1.82, 2.24) is 4.90 Å². The van der Waals surface area contributed by atoms with Gasteiger partial charge in [0.25, 0.3) is 0 Å². The molecule has 1 rings (SSSR count). The summed E-state index contributed by atoms with van der Waals surface area (Å²) < 4.78 is 0. The van der Waals surface area contributed by atoms with E-state index in [1.54, 1.807) is 0 Å². The van der Waals surface area contributed by atoms with Crippen LogP contribution in [0.1, 0.15) is 20.3 Å². The summed E-state index contributed by atoms with van der Waals surface area (Å²) >= 11 is 5.75. The maximum absolute atomic E-state index is 5.75. The summed E-state index contributed by atoms with van der Waals surface area (Å²) in [4.78, 5) is 2.49. The Morgan fingerprint density at radius 1 is 1.58 bits per heavy atom. The summed E-state index contributed by atoms with van der Waals surface area (Å²) in [5.74, 6) is 1.49. The third-order valence-corrected chi connectivity index (χ3v) is 2.53. The number of hydrogen-bond donors (Lipinski definition) is 0. The first kappa shape index (κ1) is 10.1. The highest BCUT2D eigenvalue weighted by Gasteiger charge is 2.11. The second-order valence-electron chi connectivity index (χ2n) is 3.90. The largest absolute Gasteiger partial charge is 0.299 e. The molecular weight excluding hydrogens is 170 g/mol. The van der Waals surface area contributed by atoms with Crippen LogP contribution < -0.4 is 0 Å². The standard InChI is InChI=1S/C10H18ClN/c1-9(2)8-12-5-3-10(7-11)4-6-12/h3,9H,4-8H2,1-2H3.